The van der Waals surface area contributed by atoms with Gasteiger partial charge in [0.1, 0.15) is 18.1 Å². The third-order valence-electron chi connectivity index (χ3n) is 6.56. The number of hydrogen-bond donors (Lipinski definition) is 1. The Kier molecular flexibility index (Phi) is 7.92. The van der Waals surface area contributed by atoms with E-state index in [1.165, 1.54) is 16.5 Å². The number of hydrogen-bond acceptors (Lipinski definition) is 5. The van der Waals surface area contributed by atoms with Gasteiger partial charge in [-0.05, 0) is 81.3 Å². The van der Waals surface area contributed by atoms with Crippen LogP contribution in [0.25, 0.3) is 11.0 Å². The van der Waals surface area contributed by atoms with Crippen LogP contribution in [0.1, 0.15) is 56.1 Å². The molecule has 0 fully saturated rings. The number of Topliss-reactive ketones (excluding diaryl/α,β-unsaturated/α-hetero) is 1. The Morgan fingerprint density at radius 3 is 2.29 bits per heavy atom. The number of nitrogens with zero attached hydrogens (tertiary/aromatic N) is 4. The zero-order valence-electron chi connectivity index (χ0n) is 21.8. The summed E-state index contributed by atoms with van der Waals surface area (Å²) in [6.45, 7) is 7.17. The first-order valence-electron chi connectivity index (χ1n) is 12.4. The smallest absolute Gasteiger partial charge is 0.249 e. The summed E-state index contributed by atoms with van der Waals surface area (Å²) < 4.78 is 1.52. The number of aromatic nitrogens is 3. The molecule has 3 aromatic carbocycles. The van der Waals surface area contributed by atoms with Crippen molar-refractivity contribution in [2.45, 2.75) is 52.2 Å². The third kappa shape index (κ3) is 5.92. The van der Waals surface area contributed by atoms with Crippen molar-refractivity contribution in [3.63, 3.8) is 0 Å². The highest BCUT2D eigenvalue weighted by Gasteiger charge is 2.35. The lowest BCUT2D eigenvalue weighted by Gasteiger charge is -2.34. The molecule has 38 heavy (non-hydrogen) atoms. The van der Waals surface area contributed by atoms with E-state index in [1.807, 2.05) is 45.0 Å². The Hall–Kier alpha value is -4.04. The van der Waals surface area contributed by atoms with Crippen molar-refractivity contribution in [1.82, 2.24) is 20.3 Å². The maximum Gasteiger partial charge on any atom is 0.249 e. The molecular formula is C29H30ClN5O3. The van der Waals surface area contributed by atoms with Crippen molar-refractivity contribution in [1.29, 1.82) is 0 Å². The van der Waals surface area contributed by atoms with Crippen molar-refractivity contribution in [2.75, 3.05) is 4.90 Å². The van der Waals surface area contributed by atoms with Gasteiger partial charge in [0.2, 0.25) is 11.8 Å². The second kappa shape index (κ2) is 11.1. The number of carbonyl (C=O) groups is 3. The van der Waals surface area contributed by atoms with E-state index in [-0.39, 0.29) is 24.1 Å². The van der Waals surface area contributed by atoms with E-state index in [0.717, 1.165) is 0 Å². The van der Waals surface area contributed by atoms with Gasteiger partial charge in [-0.1, -0.05) is 48.0 Å². The highest BCUT2D eigenvalue weighted by Crippen LogP contribution is 2.31. The molecule has 1 aromatic heterocycles. The van der Waals surface area contributed by atoms with E-state index in [0.29, 0.717) is 39.3 Å². The Balaban J connectivity index is 1.83. The van der Waals surface area contributed by atoms with E-state index in [1.54, 1.807) is 48.5 Å². The van der Waals surface area contributed by atoms with Gasteiger partial charge >= 0.3 is 0 Å². The van der Waals surface area contributed by atoms with Crippen LogP contribution >= 0.6 is 11.6 Å². The van der Waals surface area contributed by atoms with Gasteiger partial charge in [0.25, 0.3) is 0 Å². The summed E-state index contributed by atoms with van der Waals surface area (Å²) in [4.78, 5) is 41.3. The molecule has 9 heteroatoms. The van der Waals surface area contributed by atoms with Crippen LogP contribution in [0.4, 0.5) is 5.69 Å². The van der Waals surface area contributed by atoms with Crippen LogP contribution in [0, 0.1) is 0 Å². The molecule has 0 bridgehead atoms. The molecule has 4 rings (SSSR count). The summed E-state index contributed by atoms with van der Waals surface area (Å²) in [6.07, 6.45) is 0.693. The summed E-state index contributed by atoms with van der Waals surface area (Å²) in [5.41, 5.74) is 2.42. The molecule has 0 radical (unpaired) electrons. The molecule has 0 aliphatic rings. The highest BCUT2D eigenvalue weighted by molar-refractivity contribution is 6.30. The first kappa shape index (κ1) is 27.0. The quantitative estimate of drug-likeness (QED) is 0.293. The largest absolute Gasteiger partial charge is 0.349 e. The Bertz CT molecular complexity index is 1460. The zero-order valence-corrected chi connectivity index (χ0v) is 22.6. The van der Waals surface area contributed by atoms with Crippen molar-refractivity contribution < 1.29 is 14.4 Å². The molecule has 2 amide bonds. The molecule has 196 valence electrons. The Morgan fingerprint density at radius 2 is 1.66 bits per heavy atom. The molecule has 1 N–H and O–H groups in total. The fourth-order valence-electron chi connectivity index (χ4n) is 4.09. The number of anilines is 1. The van der Waals surface area contributed by atoms with Crippen LogP contribution < -0.4 is 10.2 Å². The molecule has 1 atom stereocenters. The summed E-state index contributed by atoms with van der Waals surface area (Å²) in [5, 5.41) is 11.9. The fraction of sp³-hybridized carbons (Fsp3) is 0.276. The topological polar surface area (TPSA) is 97.2 Å². The number of halogens is 1. The lowest BCUT2D eigenvalue weighted by atomic mass is 9.98. The number of benzene rings is 3. The Labute approximate surface area is 226 Å². The summed E-state index contributed by atoms with van der Waals surface area (Å²) >= 11 is 6.15. The lowest BCUT2D eigenvalue weighted by molar-refractivity contribution is -0.128. The minimum Gasteiger partial charge on any atom is -0.349 e. The molecule has 0 unspecified atom stereocenters. The number of amides is 2. The monoisotopic (exact) mass is 531 g/mol. The van der Waals surface area contributed by atoms with E-state index >= 15 is 0 Å². The van der Waals surface area contributed by atoms with E-state index in [4.69, 9.17) is 11.6 Å². The standard InChI is InChI=1S/C29H30ClN5O3/c1-5-29(3,4)31-28(38)27(21-10-14-22(30)15-11-21)35(23-16-12-20(13-17-23)19(2)36)26(37)18-34-25-9-7-6-8-24(25)32-33-34/h6-17,27H,5,18H2,1-4H3,(H,31,38)/t27-/m0/s1. The Morgan fingerprint density at radius 1 is 1.00 bits per heavy atom. The van der Waals surface area contributed by atoms with Gasteiger partial charge < -0.3 is 5.32 Å². The number of ketones is 1. The van der Waals surface area contributed by atoms with Crippen LogP contribution in [0.5, 0.6) is 0 Å². The zero-order chi connectivity index (χ0) is 27.4. The summed E-state index contributed by atoms with van der Waals surface area (Å²) in [5.74, 6) is -0.813. The maximum atomic E-state index is 14.1. The van der Waals surface area contributed by atoms with Crippen molar-refractivity contribution in [2.24, 2.45) is 0 Å². The average molecular weight is 532 g/mol. The van der Waals surface area contributed by atoms with E-state index in [9.17, 15) is 14.4 Å². The summed E-state index contributed by atoms with van der Waals surface area (Å²) in [6, 6.07) is 19.8. The van der Waals surface area contributed by atoms with E-state index < -0.39 is 11.6 Å². The first-order valence-corrected chi connectivity index (χ1v) is 12.8. The predicted octanol–water partition coefficient (Wildman–Crippen LogP) is 5.37. The van der Waals surface area contributed by atoms with Gasteiger partial charge in [-0.25, -0.2) is 4.68 Å². The number of rotatable bonds is 9. The average Bonchev–Trinajstić information content (AvgIpc) is 3.30. The van der Waals surface area contributed by atoms with Gasteiger partial charge in [-0.3, -0.25) is 19.3 Å². The second-order valence-corrected chi connectivity index (χ2v) is 10.2. The first-order chi connectivity index (χ1) is 18.1. The van der Waals surface area contributed by atoms with Crippen LogP contribution in [0.3, 0.4) is 0 Å². The molecule has 4 aromatic rings. The normalized spacial score (nSPS) is 12.2. The number of para-hydroxylation sites is 1. The highest BCUT2D eigenvalue weighted by atomic mass is 35.5. The predicted molar refractivity (Wildman–Crippen MR) is 148 cm³/mol. The van der Waals surface area contributed by atoms with Crippen LogP contribution in [0.2, 0.25) is 5.02 Å². The second-order valence-electron chi connectivity index (χ2n) is 9.78. The van der Waals surface area contributed by atoms with Gasteiger partial charge in [0.05, 0.1) is 5.52 Å². The summed E-state index contributed by atoms with van der Waals surface area (Å²) in [7, 11) is 0. The van der Waals surface area contributed by atoms with E-state index in [2.05, 4.69) is 15.6 Å². The van der Waals surface area contributed by atoms with Crippen molar-refractivity contribution in [3.05, 3.63) is 88.9 Å². The van der Waals surface area contributed by atoms with Gasteiger partial charge in [0, 0.05) is 21.8 Å². The molecule has 1 heterocycles. The molecule has 0 saturated carbocycles. The van der Waals surface area contributed by atoms with Crippen LogP contribution in [0.15, 0.2) is 72.8 Å². The number of nitrogens with one attached hydrogen (secondary N) is 1. The van der Waals surface area contributed by atoms with Crippen LogP contribution in [-0.2, 0) is 16.1 Å². The number of fused-ring (bicyclic) bond motifs is 1. The van der Waals surface area contributed by atoms with Gasteiger partial charge in [-0.2, -0.15) is 0 Å². The fourth-order valence-corrected chi connectivity index (χ4v) is 4.21. The third-order valence-corrected chi connectivity index (χ3v) is 6.82. The van der Waals surface area contributed by atoms with Gasteiger partial charge in [-0.15, -0.1) is 5.10 Å². The van der Waals surface area contributed by atoms with Crippen LogP contribution in [-0.4, -0.2) is 38.1 Å². The SMILES string of the molecule is CCC(C)(C)NC(=O)[C@H](c1ccc(Cl)cc1)N(C(=O)Cn1nnc2ccccc21)c1ccc(C(C)=O)cc1. The maximum absolute atomic E-state index is 14.1. The molecule has 0 aliphatic heterocycles. The number of carbonyl (C=O) groups excluding carboxylic acids is 3. The molecule has 0 spiro atoms. The van der Waals surface area contributed by atoms with Gasteiger partial charge in [0.15, 0.2) is 5.78 Å². The van der Waals surface area contributed by atoms with Crippen molar-refractivity contribution >= 4 is 45.9 Å². The molecule has 8 nitrogen and oxygen atoms in total. The minimum absolute atomic E-state index is 0.0970. The minimum atomic E-state index is -1.01. The van der Waals surface area contributed by atoms with Crippen molar-refractivity contribution in [3.8, 4) is 0 Å². The molecular weight excluding hydrogens is 502 g/mol. The molecule has 0 saturated heterocycles. The molecule has 0 aliphatic carbocycles. The lowest BCUT2D eigenvalue weighted by Crippen LogP contribution is -2.51.